The minimum absolute atomic E-state index is 0.234. The van der Waals surface area contributed by atoms with Crippen molar-refractivity contribution in [1.82, 2.24) is 4.90 Å². The van der Waals surface area contributed by atoms with Crippen LogP contribution in [0.15, 0.2) is 4.99 Å². The van der Waals surface area contributed by atoms with E-state index in [4.69, 9.17) is 0 Å². The van der Waals surface area contributed by atoms with Crippen LogP contribution in [0.25, 0.3) is 0 Å². The van der Waals surface area contributed by atoms with Gasteiger partial charge in [0, 0.05) is 12.1 Å². The highest BCUT2D eigenvalue weighted by Gasteiger charge is 2.10. The Morgan fingerprint density at radius 3 is 1.88 bits per heavy atom. The summed E-state index contributed by atoms with van der Waals surface area (Å²) in [4.78, 5) is 17.4. The standard InChI is InChI=1S/C15H29NO5S.C3H9N/c1-4-5-6-7-8-9-10-11-12-15(17)16-14(2)13-21-22(18,19)20-3;1-4(2)3/h4-13H2,1-3H3;1-3H3. The fraction of sp³-hybridized carbons (Fsp3) is 0.889. The number of hydrogen-bond acceptors (Lipinski definition) is 6. The fourth-order valence-electron chi connectivity index (χ4n) is 1.92. The van der Waals surface area contributed by atoms with Crippen LogP contribution in [-0.4, -0.2) is 59.8 Å². The molecule has 8 heteroatoms. The number of carbonyl (C=O) groups excluding carboxylic acids is 1. The summed E-state index contributed by atoms with van der Waals surface area (Å²) in [5.74, 6) is -0.234. The molecule has 0 aliphatic rings. The van der Waals surface area contributed by atoms with Crippen molar-refractivity contribution in [2.45, 2.75) is 71.6 Å². The highest BCUT2D eigenvalue weighted by Crippen LogP contribution is 2.10. The summed E-state index contributed by atoms with van der Waals surface area (Å²) in [6, 6.07) is 0. The Bertz CT molecular complexity index is 473. The molecule has 0 N–H and O–H groups in total. The zero-order valence-corrected chi connectivity index (χ0v) is 18.2. The quantitative estimate of drug-likeness (QED) is 0.350. The molecule has 0 rings (SSSR count). The number of aliphatic imine (C=N–C) groups is 1. The Labute approximate surface area is 160 Å². The van der Waals surface area contributed by atoms with Gasteiger partial charge in [-0.15, -0.1) is 0 Å². The lowest BCUT2D eigenvalue weighted by Crippen LogP contribution is -2.14. The number of amides is 1. The maximum Gasteiger partial charge on any atom is 0.399 e. The molecular formula is C18H38N2O5S. The largest absolute Gasteiger partial charge is 0.399 e. The normalized spacial score (nSPS) is 12.0. The summed E-state index contributed by atoms with van der Waals surface area (Å²) in [7, 11) is 3.03. The van der Waals surface area contributed by atoms with E-state index in [9.17, 15) is 13.2 Å². The van der Waals surface area contributed by atoms with Crippen LogP contribution in [0.3, 0.4) is 0 Å². The van der Waals surface area contributed by atoms with E-state index in [-0.39, 0.29) is 12.5 Å². The van der Waals surface area contributed by atoms with Gasteiger partial charge in [0.05, 0.1) is 7.11 Å². The van der Waals surface area contributed by atoms with Gasteiger partial charge in [-0.1, -0.05) is 51.9 Å². The van der Waals surface area contributed by atoms with Gasteiger partial charge >= 0.3 is 10.4 Å². The van der Waals surface area contributed by atoms with Crippen molar-refractivity contribution in [3.05, 3.63) is 0 Å². The highest BCUT2D eigenvalue weighted by molar-refractivity contribution is 7.81. The molecular weight excluding hydrogens is 356 g/mol. The molecule has 0 spiro atoms. The first-order chi connectivity index (χ1) is 12.1. The van der Waals surface area contributed by atoms with Crippen LogP contribution < -0.4 is 0 Å². The van der Waals surface area contributed by atoms with Crippen LogP contribution in [0.2, 0.25) is 0 Å². The fourth-order valence-corrected chi connectivity index (χ4v) is 2.33. The predicted molar refractivity (Wildman–Crippen MR) is 107 cm³/mol. The van der Waals surface area contributed by atoms with Crippen molar-refractivity contribution in [3.8, 4) is 0 Å². The third kappa shape index (κ3) is 23.2. The first kappa shape index (κ1) is 27.4. The zero-order valence-electron chi connectivity index (χ0n) is 17.4. The Balaban J connectivity index is 0. The topological polar surface area (TPSA) is 85.3 Å². The molecule has 1 amide bonds. The number of rotatable bonds is 13. The summed E-state index contributed by atoms with van der Waals surface area (Å²) in [5.41, 5.74) is 0.324. The van der Waals surface area contributed by atoms with E-state index in [2.05, 4.69) is 20.3 Å². The van der Waals surface area contributed by atoms with Crippen molar-refractivity contribution in [2.24, 2.45) is 4.99 Å². The van der Waals surface area contributed by atoms with Crippen LogP contribution in [0.1, 0.15) is 71.6 Å². The molecule has 0 aromatic rings. The van der Waals surface area contributed by atoms with Crippen molar-refractivity contribution in [3.63, 3.8) is 0 Å². The predicted octanol–water partition coefficient (Wildman–Crippen LogP) is 3.59. The Hall–Kier alpha value is -0.830. The van der Waals surface area contributed by atoms with Crippen LogP contribution in [0.4, 0.5) is 0 Å². The third-order valence-corrected chi connectivity index (χ3v) is 3.99. The Kier molecular flexibility index (Phi) is 18.5. The maximum atomic E-state index is 11.6. The Morgan fingerprint density at radius 2 is 1.42 bits per heavy atom. The molecule has 0 aliphatic carbocycles. The molecule has 0 saturated heterocycles. The molecule has 156 valence electrons. The van der Waals surface area contributed by atoms with Crippen LogP contribution in [0.5, 0.6) is 0 Å². The van der Waals surface area contributed by atoms with E-state index in [0.717, 1.165) is 26.4 Å². The lowest BCUT2D eigenvalue weighted by molar-refractivity contribution is -0.117. The van der Waals surface area contributed by atoms with Crippen LogP contribution in [-0.2, 0) is 23.6 Å². The van der Waals surface area contributed by atoms with Gasteiger partial charge in [-0.3, -0.25) is 8.98 Å². The molecule has 0 saturated carbocycles. The highest BCUT2D eigenvalue weighted by atomic mass is 32.3. The average molecular weight is 395 g/mol. The maximum absolute atomic E-state index is 11.6. The lowest BCUT2D eigenvalue weighted by atomic mass is 10.1. The monoisotopic (exact) mass is 394 g/mol. The second kappa shape index (κ2) is 17.6. The van der Waals surface area contributed by atoms with Gasteiger partial charge in [-0.05, 0) is 34.5 Å². The third-order valence-electron chi connectivity index (χ3n) is 3.18. The average Bonchev–Trinajstić information content (AvgIpc) is 2.55. The van der Waals surface area contributed by atoms with Gasteiger partial charge in [0.25, 0.3) is 0 Å². The summed E-state index contributed by atoms with van der Waals surface area (Å²) >= 11 is 0. The minimum Gasteiger partial charge on any atom is -0.312 e. The van der Waals surface area contributed by atoms with Crippen LogP contribution >= 0.6 is 0 Å². The molecule has 0 fully saturated rings. The molecule has 0 aliphatic heterocycles. The Morgan fingerprint density at radius 1 is 0.962 bits per heavy atom. The van der Waals surface area contributed by atoms with Crippen molar-refractivity contribution < 1.29 is 21.6 Å². The van der Waals surface area contributed by atoms with E-state index in [1.165, 1.54) is 32.1 Å². The molecule has 0 radical (unpaired) electrons. The van der Waals surface area contributed by atoms with Crippen molar-refractivity contribution in [2.75, 3.05) is 34.9 Å². The first-order valence-corrected chi connectivity index (χ1v) is 10.6. The van der Waals surface area contributed by atoms with E-state index >= 15 is 0 Å². The summed E-state index contributed by atoms with van der Waals surface area (Å²) < 4.78 is 30.5. The number of unbranched alkanes of at least 4 members (excludes halogenated alkanes) is 7. The second-order valence-corrected chi connectivity index (χ2v) is 8.03. The number of carbonyl (C=O) groups is 1. The number of hydrogen-bond donors (Lipinski definition) is 0. The molecule has 0 bridgehead atoms. The lowest BCUT2D eigenvalue weighted by Gasteiger charge is -2.03. The zero-order chi connectivity index (χ0) is 20.4. The molecule has 0 aromatic heterocycles. The summed E-state index contributed by atoms with van der Waals surface area (Å²) in [6.45, 7) is 3.49. The van der Waals surface area contributed by atoms with Gasteiger partial charge < -0.3 is 4.90 Å². The summed E-state index contributed by atoms with van der Waals surface area (Å²) in [6.07, 6.45) is 9.72. The molecule has 0 heterocycles. The van der Waals surface area contributed by atoms with E-state index in [1.807, 2.05) is 26.0 Å². The van der Waals surface area contributed by atoms with Crippen LogP contribution in [0, 0.1) is 0 Å². The molecule has 7 nitrogen and oxygen atoms in total. The van der Waals surface area contributed by atoms with Gasteiger partial charge in [-0.2, -0.15) is 8.42 Å². The van der Waals surface area contributed by atoms with Crippen molar-refractivity contribution >= 4 is 22.0 Å². The SMILES string of the molecule is CCCCCCCCCCC(=O)N=C(C)COS(=O)(=O)OC.CN(C)C. The molecule has 26 heavy (non-hydrogen) atoms. The molecule has 0 atom stereocenters. The van der Waals surface area contributed by atoms with E-state index < -0.39 is 10.4 Å². The van der Waals surface area contributed by atoms with Gasteiger partial charge in [0.1, 0.15) is 6.61 Å². The van der Waals surface area contributed by atoms with E-state index in [1.54, 1.807) is 6.92 Å². The van der Waals surface area contributed by atoms with Gasteiger partial charge in [0.2, 0.25) is 5.91 Å². The molecule has 0 unspecified atom stereocenters. The smallest absolute Gasteiger partial charge is 0.312 e. The summed E-state index contributed by atoms with van der Waals surface area (Å²) in [5, 5.41) is 0. The van der Waals surface area contributed by atoms with Gasteiger partial charge in [0.15, 0.2) is 0 Å². The van der Waals surface area contributed by atoms with Crippen molar-refractivity contribution in [1.29, 1.82) is 0 Å². The van der Waals surface area contributed by atoms with Gasteiger partial charge in [-0.25, -0.2) is 9.18 Å². The number of nitrogens with zero attached hydrogens (tertiary/aromatic N) is 2. The second-order valence-electron chi connectivity index (χ2n) is 6.64. The molecule has 0 aromatic carbocycles. The van der Waals surface area contributed by atoms with E-state index in [0.29, 0.717) is 12.1 Å². The minimum atomic E-state index is -3.98. The first-order valence-electron chi connectivity index (χ1n) is 9.27.